The minimum absolute atomic E-state index is 0.0344. The summed E-state index contributed by atoms with van der Waals surface area (Å²) in [6, 6.07) is 5.27. The van der Waals surface area contributed by atoms with Crippen LogP contribution in [0.1, 0.15) is 6.92 Å². The molecule has 0 fully saturated rings. The molecule has 24 heavy (non-hydrogen) atoms. The highest BCUT2D eigenvalue weighted by molar-refractivity contribution is 7.22. The van der Waals surface area contributed by atoms with Crippen LogP contribution >= 0.6 is 11.3 Å². The molecule has 124 valence electrons. The molecular weight excluding hydrogens is 332 g/mol. The fourth-order valence-corrected chi connectivity index (χ4v) is 3.22. The van der Waals surface area contributed by atoms with E-state index in [0.29, 0.717) is 10.8 Å². The van der Waals surface area contributed by atoms with E-state index < -0.39 is 11.8 Å². The number of aromatic nitrogens is 1. The molecule has 3 N–H and O–H groups in total. The normalized spacial score (nSPS) is 14.2. The topological polar surface area (TPSA) is 112 Å². The van der Waals surface area contributed by atoms with E-state index >= 15 is 0 Å². The lowest BCUT2D eigenvalue weighted by atomic mass is 10.3. The van der Waals surface area contributed by atoms with Crippen molar-refractivity contribution in [3.63, 3.8) is 0 Å². The lowest BCUT2D eigenvalue weighted by Gasteiger charge is -2.13. The van der Waals surface area contributed by atoms with Gasteiger partial charge in [0.05, 0.1) is 23.4 Å². The van der Waals surface area contributed by atoms with Crippen LogP contribution in [0.15, 0.2) is 30.0 Å². The van der Waals surface area contributed by atoms with Gasteiger partial charge in [-0.2, -0.15) is 0 Å². The molecule has 8 nitrogen and oxygen atoms in total. The second kappa shape index (κ2) is 6.38. The fraction of sp³-hybridized carbons (Fsp3) is 0.200. The summed E-state index contributed by atoms with van der Waals surface area (Å²) in [6.45, 7) is 1.09. The highest BCUT2D eigenvalue weighted by atomic mass is 32.1. The van der Waals surface area contributed by atoms with Gasteiger partial charge in [0, 0.05) is 18.7 Å². The predicted octanol–water partition coefficient (Wildman–Crippen LogP) is 0.912. The summed E-state index contributed by atoms with van der Waals surface area (Å²) in [4.78, 5) is 40.2. The number of benzene rings is 1. The summed E-state index contributed by atoms with van der Waals surface area (Å²) in [5.41, 5.74) is 1.50. The SMILES string of the molecule is CC(=O)Nc1nc2ccc(NC3=CC(=O)N(CCO)C3=O)cc2s1. The minimum Gasteiger partial charge on any atom is -0.395 e. The number of nitrogens with zero attached hydrogens (tertiary/aromatic N) is 2. The zero-order valence-electron chi connectivity index (χ0n) is 12.7. The Hall–Kier alpha value is -2.78. The second-order valence-electron chi connectivity index (χ2n) is 5.08. The van der Waals surface area contributed by atoms with Gasteiger partial charge in [-0.15, -0.1) is 0 Å². The smallest absolute Gasteiger partial charge is 0.277 e. The van der Waals surface area contributed by atoms with Crippen molar-refractivity contribution in [2.24, 2.45) is 0 Å². The number of aliphatic hydroxyl groups excluding tert-OH is 1. The summed E-state index contributed by atoms with van der Waals surface area (Å²) < 4.78 is 0.827. The molecule has 0 saturated carbocycles. The zero-order chi connectivity index (χ0) is 17.3. The lowest BCUT2D eigenvalue weighted by molar-refractivity contribution is -0.137. The Morgan fingerprint density at radius 1 is 1.38 bits per heavy atom. The van der Waals surface area contributed by atoms with E-state index in [4.69, 9.17) is 5.11 Å². The number of aliphatic hydroxyl groups is 1. The van der Waals surface area contributed by atoms with Crippen molar-refractivity contribution in [3.05, 3.63) is 30.0 Å². The molecule has 2 heterocycles. The van der Waals surface area contributed by atoms with E-state index in [9.17, 15) is 14.4 Å². The van der Waals surface area contributed by atoms with Gasteiger partial charge in [0.25, 0.3) is 11.8 Å². The maximum Gasteiger partial charge on any atom is 0.277 e. The van der Waals surface area contributed by atoms with Gasteiger partial charge in [0.2, 0.25) is 5.91 Å². The molecule has 3 rings (SSSR count). The molecule has 9 heteroatoms. The Kier molecular flexibility index (Phi) is 4.28. The summed E-state index contributed by atoms with van der Waals surface area (Å²) in [7, 11) is 0. The Morgan fingerprint density at radius 2 is 2.17 bits per heavy atom. The van der Waals surface area contributed by atoms with Gasteiger partial charge < -0.3 is 15.7 Å². The number of nitrogens with one attached hydrogen (secondary N) is 2. The number of rotatable bonds is 5. The molecular formula is C15H14N4O4S. The highest BCUT2D eigenvalue weighted by Gasteiger charge is 2.30. The van der Waals surface area contributed by atoms with Crippen LogP contribution in [0.25, 0.3) is 10.2 Å². The number of anilines is 2. The van der Waals surface area contributed by atoms with Crippen molar-refractivity contribution in [3.8, 4) is 0 Å². The summed E-state index contributed by atoms with van der Waals surface area (Å²) in [5.74, 6) is -1.13. The number of amides is 3. The van der Waals surface area contributed by atoms with E-state index in [-0.39, 0.29) is 24.8 Å². The quantitative estimate of drug-likeness (QED) is 0.694. The first kappa shape index (κ1) is 16.1. The molecule has 0 radical (unpaired) electrons. The molecule has 0 aliphatic carbocycles. The Balaban J connectivity index is 1.80. The van der Waals surface area contributed by atoms with Crippen molar-refractivity contribution < 1.29 is 19.5 Å². The zero-order valence-corrected chi connectivity index (χ0v) is 13.5. The molecule has 0 saturated heterocycles. The number of imide groups is 1. The number of hydrogen-bond acceptors (Lipinski definition) is 7. The molecule has 1 aliphatic heterocycles. The van der Waals surface area contributed by atoms with Gasteiger partial charge in [-0.05, 0) is 18.2 Å². The first-order valence-corrected chi connectivity index (χ1v) is 7.93. The average molecular weight is 346 g/mol. The lowest BCUT2D eigenvalue weighted by Crippen LogP contribution is -2.34. The third-order valence-electron chi connectivity index (χ3n) is 3.28. The standard InChI is InChI=1S/C15H14N4O4S/c1-8(21)16-15-18-10-3-2-9(6-12(10)24-15)17-11-7-13(22)19(4-5-20)14(11)23/h2-3,6-7,17,20H,4-5H2,1H3,(H,16,18,21). The minimum atomic E-state index is -0.475. The summed E-state index contributed by atoms with van der Waals surface area (Å²) >= 11 is 1.31. The monoisotopic (exact) mass is 346 g/mol. The van der Waals surface area contributed by atoms with Gasteiger partial charge in [0.1, 0.15) is 5.70 Å². The molecule has 1 aromatic heterocycles. The summed E-state index contributed by atoms with van der Waals surface area (Å²) in [5, 5.41) is 14.9. The van der Waals surface area contributed by atoms with Crippen molar-refractivity contribution in [1.29, 1.82) is 0 Å². The van der Waals surface area contributed by atoms with E-state index in [0.717, 1.165) is 15.1 Å². The number of thiazole rings is 1. The molecule has 0 unspecified atom stereocenters. The van der Waals surface area contributed by atoms with Crippen molar-refractivity contribution in [2.45, 2.75) is 6.92 Å². The molecule has 2 aromatic rings. The Bertz CT molecular complexity index is 873. The van der Waals surface area contributed by atoms with Gasteiger partial charge in [0.15, 0.2) is 5.13 Å². The van der Waals surface area contributed by atoms with Gasteiger partial charge in [-0.25, -0.2) is 4.98 Å². The van der Waals surface area contributed by atoms with Crippen molar-refractivity contribution in [2.75, 3.05) is 23.8 Å². The van der Waals surface area contributed by atoms with Crippen LogP contribution in [0, 0.1) is 0 Å². The average Bonchev–Trinajstić information content (AvgIpc) is 3.02. The number of fused-ring (bicyclic) bond motifs is 1. The predicted molar refractivity (Wildman–Crippen MR) is 89.4 cm³/mol. The Morgan fingerprint density at radius 3 is 2.88 bits per heavy atom. The highest BCUT2D eigenvalue weighted by Crippen LogP contribution is 2.29. The van der Waals surface area contributed by atoms with E-state index in [2.05, 4.69) is 15.6 Å². The summed E-state index contributed by atoms with van der Waals surface area (Å²) in [6.07, 6.45) is 1.21. The third kappa shape index (κ3) is 3.12. The van der Waals surface area contributed by atoms with Crippen LogP contribution in [0.2, 0.25) is 0 Å². The molecule has 0 bridgehead atoms. The van der Waals surface area contributed by atoms with E-state index in [1.54, 1.807) is 18.2 Å². The number of hydrogen-bond donors (Lipinski definition) is 3. The van der Waals surface area contributed by atoms with Gasteiger partial charge in [-0.3, -0.25) is 19.3 Å². The first-order valence-electron chi connectivity index (χ1n) is 7.11. The van der Waals surface area contributed by atoms with E-state index in [1.165, 1.54) is 24.3 Å². The molecule has 1 aliphatic rings. The molecule has 3 amide bonds. The molecule has 0 atom stereocenters. The fourth-order valence-electron chi connectivity index (χ4n) is 2.27. The number of carbonyl (C=O) groups is 3. The van der Waals surface area contributed by atoms with Gasteiger partial charge >= 0.3 is 0 Å². The number of carbonyl (C=O) groups excluding carboxylic acids is 3. The third-order valence-corrected chi connectivity index (χ3v) is 4.22. The number of β-amino-alcohol motifs (C(OH)–C–C–N with tert-alkyl or cyclic N) is 1. The van der Waals surface area contributed by atoms with Gasteiger partial charge in [-0.1, -0.05) is 11.3 Å². The maximum atomic E-state index is 12.1. The van der Waals surface area contributed by atoms with Crippen molar-refractivity contribution >= 4 is 50.1 Å². The van der Waals surface area contributed by atoms with E-state index in [1.807, 2.05) is 0 Å². The maximum absolute atomic E-state index is 12.1. The largest absolute Gasteiger partial charge is 0.395 e. The Labute approximate surface area is 140 Å². The molecule has 0 spiro atoms. The van der Waals surface area contributed by atoms with Crippen LogP contribution in [0.3, 0.4) is 0 Å². The molecule has 1 aromatic carbocycles. The second-order valence-corrected chi connectivity index (χ2v) is 6.12. The van der Waals surface area contributed by atoms with Crippen LogP contribution in [0.5, 0.6) is 0 Å². The van der Waals surface area contributed by atoms with Crippen LogP contribution in [0.4, 0.5) is 10.8 Å². The van der Waals surface area contributed by atoms with Crippen LogP contribution < -0.4 is 10.6 Å². The van der Waals surface area contributed by atoms with Crippen LogP contribution in [-0.2, 0) is 14.4 Å². The van der Waals surface area contributed by atoms with Crippen molar-refractivity contribution in [1.82, 2.24) is 9.88 Å². The van der Waals surface area contributed by atoms with Crippen LogP contribution in [-0.4, -0.2) is 45.9 Å². The first-order chi connectivity index (χ1) is 11.5.